The smallest absolute Gasteiger partial charge is 0.265 e. The van der Waals surface area contributed by atoms with Gasteiger partial charge in [0.1, 0.15) is 0 Å². The second-order valence-corrected chi connectivity index (χ2v) is 3.43. The van der Waals surface area contributed by atoms with E-state index in [4.69, 9.17) is 5.73 Å². The quantitative estimate of drug-likeness (QED) is 0.763. The van der Waals surface area contributed by atoms with Crippen molar-refractivity contribution in [2.24, 2.45) is 5.73 Å². The van der Waals surface area contributed by atoms with Crippen molar-refractivity contribution in [2.45, 2.75) is 24.8 Å². The van der Waals surface area contributed by atoms with Gasteiger partial charge in [0.25, 0.3) is 6.43 Å². The highest BCUT2D eigenvalue weighted by atomic mass is 19.3. The van der Waals surface area contributed by atoms with Crippen LogP contribution in [-0.2, 0) is 5.54 Å². The molecule has 0 aromatic carbocycles. The van der Waals surface area contributed by atoms with Crippen molar-refractivity contribution >= 4 is 0 Å². The van der Waals surface area contributed by atoms with Gasteiger partial charge in [0.05, 0.1) is 11.2 Å². The molecule has 2 N–H and O–H groups in total. The molecule has 1 fully saturated rings. The lowest BCUT2D eigenvalue weighted by Crippen LogP contribution is -2.20. The zero-order chi connectivity index (χ0) is 9.47. The average Bonchev–Trinajstić information content (AvgIpc) is 2.85. The van der Waals surface area contributed by atoms with Crippen LogP contribution in [0.15, 0.2) is 18.3 Å². The Morgan fingerprint density at radius 2 is 2.08 bits per heavy atom. The van der Waals surface area contributed by atoms with E-state index in [0.717, 1.165) is 18.5 Å². The minimum atomic E-state index is -2.45. The molecule has 0 unspecified atom stereocenters. The van der Waals surface area contributed by atoms with Crippen LogP contribution in [0.5, 0.6) is 0 Å². The minimum Gasteiger partial charge on any atom is -0.320 e. The van der Waals surface area contributed by atoms with Crippen molar-refractivity contribution < 1.29 is 8.78 Å². The largest absolute Gasteiger partial charge is 0.320 e. The molecular weight excluding hydrogens is 174 g/mol. The number of alkyl halides is 2. The summed E-state index contributed by atoms with van der Waals surface area (Å²) in [7, 11) is 0. The molecule has 1 aliphatic rings. The van der Waals surface area contributed by atoms with Crippen LogP contribution in [0.1, 0.15) is 30.5 Å². The molecule has 1 heterocycles. The Balaban J connectivity index is 2.24. The Bertz CT molecular complexity index is 304. The fraction of sp³-hybridized carbons (Fsp3) is 0.444. The first-order valence-electron chi connectivity index (χ1n) is 4.15. The summed E-state index contributed by atoms with van der Waals surface area (Å²) >= 11 is 0. The van der Waals surface area contributed by atoms with E-state index in [9.17, 15) is 8.78 Å². The summed E-state index contributed by atoms with van der Waals surface area (Å²) in [4.78, 5) is 3.93. The van der Waals surface area contributed by atoms with Gasteiger partial charge in [0.2, 0.25) is 0 Å². The number of nitrogens with two attached hydrogens (primary N) is 1. The molecule has 0 radical (unpaired) electrons. The van der Waals surface area contributed by atoms with E-state index in [1.807, 2.05) is 0 Å². The molecule has 2 rings (SSSR count). The van der Waals surface area contributed by atoms with Gasteiger partial charge in [0, 0.05) is 11.8 Å². The van der Waals surface area contributed by atoms with Crippen LogP contribution in [-0.4, -0.2) is 4.98 Å². The predicted molar refractivity (Wildman–Crippen MR) is 44.3 cm³/mol. The molecule has 70 valence electrons. The van der Waals surface area contributed by atoms with E-state index in [2.05, 4.69) is 4.98 Å². The Morgan fingerprint density at radius 1 is 1.38 bits per heavy atom. The number of halogens is 2. The van der Waals surface area contributed by atoms with Gasteiger partial charge in [-0.2, -0.15) is 0 Å². The van der Waals surface area contributed by atoms with Crippen molar-refractivity contribution in [3.63, 3.8) is 0 Å². The van der Waals surface area contributed by atoms with Crippen LogP contribution < -0.4 is 5.73 Å². The summed E-state index contributed by atoms with van der Waals surface area (Å²) in [5.74, 6) is 0. The SMILES string of the molecule is NC1(c2ccc(C(F)F)cn2)CC1. The number of rotatable bonds is 2. The lowest BCUT2D eigenvalue weighted by molar-refractivity contribution is 0.151. The van der Waals surface area contributed by atoms with Crippen molar-refractivity contribution in [2.75, 3.05) is 0 Å². The molecule has 1 aromatic rings. The van der Waals surface area contributed by atoms with Crippen LogP contribution >= 0.6 is 0 Å². The van der Waals surface area contributed by atoms with Crippen molar-refractivity contribution in [1.29, 1.82) is 0 Å². The molecule has 0 spiro atoms. The van der Waals surface area contributed by atoms with Gasteiger partial charge in [-0.3, -0.25) is 4.98 Å². The van der Waals surface area contributed by atoms with E-state index in [1.54, 1.807) is 6.07 Å². The zero-order valence-electron chi connectivity index (χ0n) is 7.00. The third-order valence-corrected chi connectivity index (χ3v) is 2.34. The maximum absolute atomic E-state index is 12.1. The van der Waals surface area contributed by atoms with Crippen LogP contribution in [0.3, 0.4) is 0 Å². The van der Waals surface area contributed by atoms with Crippen LogP contribution in [0.2, 0.25) is 0 Å². The second kappa shape index (κ2) is 2.73. The summed E-state index contributed by atoms with van der Waals surface area (Å²) in [5.41, 5.74) is 6.18. The summed E-state index contributed by atoms with van der Waals surface area (Å²) in [6.07, 6.45) is 0.545. The van der Waals surface area contributed by atoms with E-state index in [0.29, 0.717) is 0 Å². The van der Waals surface area contributed by atoms with Gasteiger partial charge in [-0.1, -0.05) is 0 Å². The number of pyridine rings is 1. The Labute approximate surface area is 74.8 Å². The monoisotopic (exact) mass is 184 g/mol. The van der Waals surface area contributed by atoms with E-state index in [1.165, 1.54) is 12.3 Å². The second-order valence-electron chi connectivity index (χ2n) is 3.43. The molecular formula is C9H10F2N2. The third-order valence-electron chi connectivity index (χ3n) is 2.34. The predicted octanol–water partition coefficient (Wildman–Crippen LogP) is 1.97. The normalized spacial score (nSPS) is 19.1. The van der Waals surface area contributed by atoms with Crippen molar-refractivity contribution in [3.8, 4) is 0 Å². The number of nitrogens with zero attached hydrogens (tertiary/aromatic N) is 1. The topological polar surface area (TPSA) is 38.9 Å². The van der Waals surface area contributed by atoms with Crippen molar-refractivity contribution in [1.82, 2.24) is 4.98 Å². The molecule has 0 bridgehead atoms. The third kappa shape index (κ3) is 1.54. The molecule has 4 heteroatoms. The minimum absolute atomic E-state index is 0.0481. The molecule has 1 aliphatic carbocycles. The van der Waals surface area contributed by atoms with Gasteiger partial charge in [-0.05, 0) is 25.0 Å². The first-order valence-corrected chi connectivity index (χ1v) is 4.15. The van der Waals surface area contributed by atoms with Crippen LogP contribution in [0.25, 0.3) is 0 Å². The number of hydrogen-bond acceptors (Lipinski definition) is 2. The lowest BCUT2D eigenvalue weighted by atomic mass is 10.1. The molecule has 0 saturated heterocycles. The first-order chi connectivity index (χ1) is 6.12. The molecule has 13 heavy (non-hydrogen) atoms. The fourth-order valence-electron chi connectivity index (χ4n) is 1.22. The molecule has 0 aliphatic heterocycles. The molecule has 2 nitrogen and oxygen atoms in total. The maximum atomic E-state index is 12.1. The first kappa shape index (κ1) is 8.56. The van der Waals surface area contributed by atoms with E-state index in [-0.39, 0.29) is 11.1 Å². The number of hydrogen-bond donors (Lipinski definition) is 1. The highest BCUT2D eigenvalue weighted by molar-refractivity contribution is 5.25. The average molecular weight is 184 g/mol. The zero-order valence-corrected chi connectivity index (χ0v) is 7.00. The van der Waals surface area contributed by atoms with Gasteiger partial charge < -0.3 is 5.73 Å². The molecule has 0 amide bonds. The Kier molecular flexibility index (Phi) is 1.80. The maximum Gasteiger partial charge on any atom is 0.265 e. The highest BCUT2D eigenvalue weighted by Gasteiger charge is 2.41. The summed E-state index contributed by atoms with van der Waals surface area (Å²) in [5, 5.41) is 0. The molecule has 1 aromatic heterocycles. The number of aromatic nitrogens is 1. The molecule has 1 saturated carbocycles. The van der Waals surface area contributed by atoms with Gasteiger partial charge in [-0.25, -0.2) is 8.78 Å². The Hall–Kier alpha value is -1.03. The van der Waals surface area contributed by atoms with E-state index < -0.39 is 6.43 Å². The van der Waals surface area contributed by atoms with Gasteiger partial charge in [0.15, 0.2) is 0 Å². The fourth-order valence-corrected chi connectivity index (χ4v) is 1.22. The summed E-state index contributed by atoms with van der Waals surface area (Å²) < 4.78 is 24.3. The van der Waals surface area contributed by atoms with Gasteiger partial charge in [-0.15, -0.1) is 0 Å². The van der Waals surface area contributed by atoms with E-state index >= 15 is 0 Å². The standard InChI is InChI=1S/C9H10F2N2/c10-8(11)6-1-2-7(13-5-6)9(12)3-4-9/h1-2,5,8H,3-4,12H2. The van der Waals surface area contributed by atoms with Gasteiger partial charge >= 0.3 is 0 Å². The Morgan fingerprint density at radius 3 is 2.46 bits per heavy atom. The highest BCUT2D eigenvalue weighted by Crippen LogP contribution is 2.41. The van der Waals surface area contributed by atoms with Crippen LogP contribution in [0.4, 0.5) is 8.78 Å². The summed E-state index contributed by atoms with van der Waals surface area (Å²) in [6.45, 7) is 0. The molecule has 0 atom stereocenters. The van der Waals surface area contributed by atoms with Crippen LogP contribution in [0, 0.1) is 0 Å². The lowest BCUT2D eigenvalue weighted by Gasteiger charge is -2.07. The summed E-state index contributed by atoms with van der Waals surface area (Å²) in [6, 6.07) is 2.98. The van der Waals surface area contributed by atoms with Crippen molar-refractivity contribution in [3.05, 3.63) is 29.6 Å².